The third kappa shape index (κ3) is 2.03. The smallest absolute Gasteiger partial charge is 0.246 e. The highest BCUT2D eigenvalue weighted by atomic mass is 16.5. The summed E-state index contributed by atoms with van der Waals surface area (Å²) >= 11 is 0. The number of hydrazone groups is 1. The first-order valence-corrected chi connectivity index (χ1v) is 8.10. The van der Waals surface area contributed by atoms with E-state index in [9.17, 15) is 0 Å². The van der Waals surface area contributed by atoms with Crippen molar-refractivity contribution in [3.63, 3.8) is 0 Å². The van der Waals surface area contributed by atoms with Crippen LogP contribution >= 0.6 is 0 Å². The second-order valence-electron chi connectivity index (χ2n) is 6.04. The van der Waals surface area contributed by atoms with Gasteiger partial charge >= 0.3 is 0 Å². The van der Waals surface area contributed by atoms with Gasteiger partial charge in [-0.05, 0) is 23.8 Å². The van der Waals surface area contributed by atoms with Crippen LogP contribution in [0.5, 0.6) is 5.75 Å². The molecule has 1 aromatic heterocycles. The topological polar surface area (TPSA) is 38.0 Å². The lowest BCUT2D eigenvalue weighted by molar-refractivity contribution is -0.0325. The zero-order chi connectivity index (χ0) is 15.9. The predicted octanol–water partition coefficient (Wildman–Crippen LogP) is 4.52. The Hall–Kier alpha value is -3.01. The van der Waals surface area contributed by atoms with Crippen LogP contribution in [-0.2, 0) is 0 Å². The molecule has 118 valence electrons. The molecular formula is C20H16N2O2. The maximum absolute atomic E-state index is 6.20. The first-order chi connectivity index (χ1) is 11.9. The van der Waals surface area contributed by atoms with Gasteiger partial charge in [0.05, 0.1) is 18.0 Å². The Labute approximate surface area is 140 Å². The Kier molecular flexibility index (Phi) is 2.95. The summed E-state index contributed by atoms with van der Waals surface area (Å²) in [6, 6.07) is 22.5. The molecule has 0 N–H and O–H groups in total. The van der Waals surface area contributed by atoms with Crippen molar-refractivity contribution < 1.29 is 9.15 Å². The molecule has 0 bridgehead atoms. The third-order valence-corrected chi connectivity index (χ3v) is 4.59. The van der Waals surface area contributed by atoms with Gasteiger partial charge in [0, 0.05) is 12.0 Å². The largest absolute Gasteiger partial charge is 0.463 e. The molecule has 0 aliphatic carbocycles. The van der Waals surface area contributed by atoms with E-state index in [2.05, 4.69) is 18.2 Å². The lowest BCUT2D eigenvalue weighted by Gasteiger charge is -2.36. The molecule has 5 rings (SSSR count). The van der Waals surface area contributed by atoms with E-state index in [-0.39, 0.29) is 12.3 Å². The molecule has 0 radical (unpaired) electrons. The van der Waals surface area contributed by atoms with Gasteiger partial charge in [0.25, 0.3) is 0 Å². The van der Waals surface area contributed by atoms with E-state index in [1.807, 2.05) is 53.5 Å². The number of para-hydroxylation sites is 1. The number of furan rings is 1. The summed E-state index contributed by atoms with van der Waals surface area (Å²) in [5.41, 5.74) is 3.41. The fourth-order valence-electron chi connectivity index (χ4n) is 3.46. The molecule has 2 aliphatic rings. The van der Waals surface area contributed by atoms with Crippen molar-refractivity contribution in [2.24, 2.45) is 5.10 Å². The molecule has 0 saturated carbocycles. The van der Waals surface area contributed by atoms with Crippen molar-refractivity contribution in [2.45, 2.75) is 18.7 Å². The second kappa shape index (κ2) is 5.27. The van der Waals surface area contributed by atoms with Gasteiger partial charge in [-0.15, -0.1) is 0 Å². The number of fused-ring (bicyclic) bond motifs is 3. The van der Waals surface area contributed by atoms with E-state index >= 15 is 0 Å². The minimum atomic E-state index is -0.332. The number of hydrogen-bond acceptors (Lipinski definition) is 4. The zero-order valence-corrected chi connectivity index (χ0v) is 13.0. The maximum atomic E-state index is 6.20. The van der Waals surface area contributed by atoms with Crippen molar-refractivity contribution in [1.82, 2.24) is 5.01 Å². The van der Waals surface area contributed by atoms with Crippen LogP contribution < -0.4 is 4.74 Å². The fraction of sp³-hybridized carbons (Fsp3) is 0.150. The van der Waals surface area contributed by atoms with Crippen molar-refractivity contribution in [3.05, 3.63) is 89.9 Å². The Morgan fingerprint density at radius 2 is 1.75 bits per heavy atom. The molecule has 4 heteroatoms. The SMILES string of the molecule is c1ccc(C2=NN3[C@@H](c4ccco4)Oc4ccccc4[C@@H]3C2)cc1. The lowest BCUT2D eigenvalue weighted by atomic mass is 9.96. The van der Waals surface area contributed by atoms with E-state index in [1.165, 1.54) is 5.56 Å². The second-order valence-corrected chi connectivity index (χ2v) is 6.04. The highest BCUT2D eigenvalue weighted by Crippen LogP contribution is 2.47. The van der Waals surface area contributed by atoms with Crippen LogP contribution in [0.3, 0.4) is 0 Å². The summed E-state index contributed by atoms with van der Waals surface area (Å²) in [7, 11) is 0. The first-order valence-electron chi connectivity index (χ1n) is 8.10. The molecule has 0 unspecified atom stereocenters. The van der Waals surface area contributed by atoms with Crippen molar-refractivity contribution in [1.29, 1.82) is 0 Å². The minimum absolute atomic E-state index is 0.167. The van der Waals surface area contributed by atoms with Gasteiger partial charge in [-0.25, -0.2) is 5.01 Å². The Morgan fingerprint density at radius 3 is 2.58 bits per heavy atom. The lowest BCUT2D eigenvalue weighted by Crippen LogP contribution is -2.33. The van der Waals surface area contributed by atoms with Crippen LogP contribution in [-0.4, -0.2) is 10.7 Å². The Bertz CT molecular complexity index is 887. The van der Waals surface area contributed by atoms with Crippen molar-refractivity contribution in [3.8, 4) is 5.75 Å². The van der Waals surface area contributed by atoms with Gasteiger partial charge < -0.3 is 9.15 Å². The van der Waals surface area contributed by atoms with Gasteiger partial charge in [-0.3, -0.25) is 0 Å². The van der Waals surface area contributed by atoms with E-state index in [4.69, 9.17) is 14.3 Å². The van der Waals surface area contributed by atoms with Gasteiger partial charge in [-0.2, -0.15) is 5.10 Å². The molecule has 3 heterocycles. The predicted molar refractivity (Wildman–Crippen MR) is 90.7 cm³/mol. The summed E-state index contributed by atoms with van der Waals surface area (Å²) in [6.45, 7) is 0. The Balaban J connectivity index is 1.61. The van der Waals surface area contributed by atoms with Crippen molar-refractivity contribution in [2.75, 3.05) is 0 Å². The van der Waals surface area contributed by atoms with E-state index in [0.717, 1.165) is 29.2 Å². The van der Waals surface area contributed by atoms with Crippen LogP contribution in [0, 0.1) is 0 Å². The standard InChI is InChI=1S/C20H16N2O2/c1-2-7-14(8-3-1)16-13-17-15-9-4-5-10-18(15)24-20(22(17)21-16)19-11-6-12-23-19/h1-12,17,20H,13H2/t17-,20+/m0/s1. The molecule has 2 atom stereocenters. The zero-order valence-electron chi connectivity index (χ0n) is 13.0. The van der Waals surface area contributed by atoms with Gasteiger partial charge in [0.2, 0.25) is 6.23 Å². The quantitative estimate of drug-likeness (QED) is 0.697. The molecule has 0 spiro atoms. The summed E-state index contributed by atoms with van der Waals surface area (Å²) < 4.78 is 11.8. The van der Waals surface area contributed by atoms with E-state index in [1.54, 1.807) is 6.26 Å². The summed E-state index contributed by atoms with van der Waals surface area (Å²) in [6.07, 6.45) is 2.20. The normalized spacial score (nSPS) is 21.7. The number of ether oxygens (including phenoxy) is 1. The van der Waals surface area contributed by atoms with E-state index < -0.39 is 0 Å². The van der Waals surface area contributed by atoms with Gasteiger partial charge in [0.1, 0.15) is 5.75 Å². The number of rotatable bonds is 2. The van der Waals surface area contributed by atoms with Gasteiger partial charge in [-0.1, -0.05) is 48.5 Å². The molecule has 0 fully saturated rings. The van der Waals surface area contributed by atoms with Crippen LogP contribution in [0.25, 0.3) is 0 Å². The van der Waals surface area contributed by atoms with Crippen molar-refractivity contribution >= 4 is 5.71 Å². The maximum Gasteiger partial charge on any atom is 0.246 e. The van der Waals surface area contributed by atoms with Gasteiger partial charge in [0.15, 0.2) is 5.76 Å². The number of hydrogen-bond donors (Lipinski definition) is 0. The molecule has 4 nitrogen and oxygen atoms in total. The molecule has 0 amide bonds. The highest BCUT2D eigenvalue weighted by Gasteiger charge is 2.41. The number of benzene rings is 2. The average molecular weight is 316 g/mol. The first kappa shape index (κ1) is 13.4. The fourth-order valence-corrected chi connectivity index (χ4v) is 3.46. The Morgan fingerprint density at radius 1 is 0.917 bits per heavy atom. The van der Waals surface area contributed by atoms with Crippen LogP contribution in [0.15, 0.2) is 82.5 Å². The highest BCUT2D eigenvalue weighted by molar-refractivity contribution is 6.01. The molecular weight excluding hydrogens is 300 g/mol. The molecule has 0 saturated heterocycles. The minimum Gasteiger partial charge on any atom is -0.463 e. The average Bonchev–Trinajstić information content (AvgIpc) is 3.32. The van der Waals surface area contributed by atoms with E-state index in [0.29, 0.717) is 0 Å². The molecule has 3 aromatic rings. The third-order valence-electron chi connectivity index (χ3n) is 4.59. The summed E-state index contributed by atoms with van der Waals surface area (Å²) in [5, 5.41) is 6.91. The van der Waals surface area contributed by atoms with Crippen LogP contribution in [0.1, 0.15) is 35.6 Å². The summed E-state index contributed by atoms with van der Waals surface area (Å²) in [5.74, 6) is 1.68. The van der Waals surface area contributed by atoms with Crippen LogP contribution in [0.4, 0.5) is 0 Å². The summed E-state index contributed by atoms with van der Waals surface area (Å²) in [4.78, 5) is 0. The molecule has 2 aromatic carbocycles. The molecule has 2 aliphatic heterocycles. The number of nitrogens with zero attached hydrogens (tertiary/aromatic N) is 2. The molecule has 24 heavy (non-hydrogen) atoms. The van der Waals surface area contributed by atoms with Crippen LogP contribution in [0.2, 0.25) is 0 Å². The monoisotopic (exact) mass is 316 g/mol.